The molecule has 0 aliphatic rings. The number of aromatic nitrogens is 3. The van der Waals surface area contributed by atoms with Crippen molar-refractivity contribution in [3.8, 4) is 0 Å². The summed E-state index contributed by atoms with van der Waals surface area (Å²) in [4.78, 5) is 26.7. The van der Waals surface area contributed by atoms with E-state index in [1.165, 1.54) is 4.68 Å². The molecule has 6 heteroatoms. The molecule has 0 atom stereocenters. The molecule has 0 spiro atoms. The Labute approximate surface area is 145 Å². The van der Waals surface area contributed by atoms with Gasteiger partial charge < -0.3 is 4.90 Å². The molecule has 0 radical (unpaired) electrons. The Hall–Kier alpha value is -3.02. The standard InChI is InChI=1S/C19H20N4O2/c1-2-22(14-15-8-4-3-5-9-15)18(24)12-13-23-19(25)16-10-6-7-11-17(16)20-21-23/h3-11H,2,12-14H2,1H3. The highest BCUT2D eigenvalue weighted by atomic mass is 16.2. The maximum atomic E-state index is 12.5. The number of hydrogen-bond acceptors (Lipinski definition) is 4. The molecule has 128 valence electrons. The molecule has 25 heavy (non-hydrogen) atoms. The molecule has 0 bridgehead atoms. The van der Waals surface area contributed by atoms with Crippen LogP contribution in [0.5, 0.6) is 0 Å². The lowest BCUT2D eigenvalue weighted by Crippen LogP contribution is -2.33. The highest BCUT2D eigenvalue weighted by molar-refractivity contribution is 5.77. The van der Waals surface area contributed by atoms with E-state index in [4.69, 9.17) is 0 Å². The lowest BCUT2D eigenvalue weighted by atomic mass is 10.2. The van der Waals surface area contributed by atoms with Gasteiger partial charge in [-0.05, 0) is 24.6 Å². The normalized spacial score (nSPS) is 10.8. The monoisotopic (exact) mass is 336 g/mol. The first kappa shape index (κ1) is 16.8. The van der Waals surface area contributed by atoms with Gasteiger partial charge in [-0.1, -0.05) is 47.7 Å². The molecule has 0 unspecified atom stereocenters. The van der Waals surface area contributed by atoms with Crippen molar-refractivity contribution in [2.75, 3.05) is 6.54 Å². The Bertz CT molecular complexity index is 921. The van der Waals surface area contributed by atoms with Crippen molar-refractivity contribution in [1.29, 1.82) is 0 Å². The first-order valence-electron chi connectivity index (χ1n) is 8.33. The SMILES string of the molecule is CCN(Cc1ccccc1)C(=O)CCn1nnc2ccccc2c1=O. The van der Waals surface area contributed by atoms with Crippen LogP contribution >= 0.6 is 0 Å². The predicted octanol–water partition coefficient (Wildman–Crippen LogP) is 2.23. The Morgan fingerprint density at radius 3 is 2.56 bits per heavy atom. The fourth-order valence-corrected chi connectivity index (χ4v) is 2.71. The Kier molecular flexibility index (Phi) is 5.18. The van der Waals surface area contributed by atoms with Crippen LogP contribution in [0.25, 0.3) is 10.9 Å². The summed E-state index contributed by atoms with van der Waals surface area (Å²) >= 11 is 0. The molecular formula is C19H20N4O2. The second-order valence-corrected chi connectivity index (χ2v) is 5.78. The summed E-state index contributed by atoms with van der Waals surface area (Å²) in [6, 6.07) is 16.9. The van der Waals surface area contributed by atoms with E-state index >= 15 is 0 Å². The van der Waals surface area contributed by atoms with E-state index in [1.807, 2.05) is 43.3 Å². The molecular weight excluding hydrogens is 316 g/mol. The molecule has 3 aromatic rings. The Morgan fingerprint density at radius 2 is 1.80 bits per heavy atom. The van der Waals surface area contributed by atoms with Gasteiger partial charge in [0.2, 0.25) is 5.91 Å². The molecule has 1 aromatic heterocycles. The van der Waals surface area contributed by atoms with E-state index in [0.29, 0.717) is 24.0 Å². The van der Waals surface area contributed by atoms with Crippen molar-refractivity contribution >= 4 is 16.8 Å². The van der Waals surface area contributed by atoms with Gasteiger partial charge in [-0.3, -0.25) is 9.59 Å². The van der Waals surface area contributed by atoms with Crippen molar-refractivity contribution in [2.24, 2.45) is 0 Å². The molecule has 2 aromatic carbocycles. The van der Waals surface area contributed by atoms with Crippen LogP contribution in [0, 0.1) is 0 Å². The third-order valence-electron chi connectivity index (χ3n) is 4.12. The van der Waals surface area contributed by atoms with Gasteiger partial charge in [-0.25, -0.2) is 4.68 Å². The summed E-state index contributed by atoms with van der Waals surface area (Å²) in [6.07, 6.45) is 0.216. The second-order valence-electron chi connectivity index (χ2n) is 5.78. The third kappa shape index (κ3) is 3.91. The molecule has 1 heterocycles. The average Bonchev–Trinajstić information content (AvgIpc) is 2.66. The minimum absolute atomic E-state index is 0.00629. The van der Waals surface area contributed by atoms with Gasteiger partial charge in [0.15, 0.2) is 0 Å². The van der Waals surface area contributed by atoms with E-state index in [-0.39, 0.29) is 24.4 Å². The first-order valence-corrected chi connectivity index (χ1v) is 8.33. The first-order chi connectivity index (χ1) is 12.2. The summed E-state index contributed by atoms with van der Waals surface area (Å²) in [6.45, 7) is 3.35. The molecule has 0 aliphatic carbocycles. The number of amides is 1. The van der Waals surface area contributed by atoms with E-state index < -0.39 is 0 Å². The van der Waals surface area contributed by atoms with Crippen LogP contribution in [-0.4, -0.2) is 32.3 Å². The zero-order chi connectivity index (χ0) is 17.6. The lowest BCUT2D eigenvalue weighted by molar-refractivity contribution is -0.131. The van der Waals surface area contributed by atoms with E-state index in [1.54, 1.807) is 23.1 Å². The van der Waals surface area contributed by atoms with Gasteiger partial charge in [-0.15, -0.1) is 5.10 Å². The highest BCUT2D eigenvalue weighted by Crippen LogP contribution is 2.07. The molecule has 1 amide bonds. The molecule has 0 saturated carbocycles. The van der Waals surface area contributed by atoms with Crippen LogP contribution in [0.2, 0.25) is 0 Å². The van der Waals surface area contributed by atoms with E-state index in [0.717, 1.165) is 5.56 Å². The van der Waals surface area contributed by atoms with Crippen molar-refractivity contribution < 1.29 is 4.79 Å². The van der Waals surface area contributed by atoms with Crippen LogP contribution in [-0.2, 0) is 17.9 Å². The summed E-state index contributed by atoms with van der Waals surface area (Å²) in [5.74, 6) is -0.00629. The fraction of sp³-hybridized carbons (Fsp3) is 0.263. The molecule has 0 saturated heterocycles. The molecule has 3 rings (SSSR count). The third-order valence-corrected chi connectivity index (χ3v) is 4.12. The van der Waals surface area contributed by atoms with E-state index in [9.17, 15) is 9.59 Å². The number of fused-ring (bicyclic) bond motifs is 1. The molecule has 0 fully saturated rings. The van der Waals surface area contributed by atoms with Crippen molar-refractivity contribution in [1.82, 2.24) is 19.9 Å². The summed E-state index contributed by atoms with van der Waals surface area (Å²) < 4.78 is 1.26. The number of carbonyl (C=O) groups is 1. The second kappa shape index (κ2) is 7.70. The van der Waals surface area contributed by atoms with Crippen LogP contribution in [0.15, 0.2) is 59.4 Å². The maximum Gasteiger partial charge on any atom is 0.277 e. The number of carbonyl (C=O) groups excluding carboxylic acids is 1. The number of aryl methyl sites for hydroxylation is 1. The Balaban J connectivity index is 1.69. The Morgan fingerprint density at radius 1 is 1.08 bits per heavy atom. The highest BCUT2D eigenvalue weighted by Gasteiger charge is 2.13. The summed E-state index contributed by atoms with van der Waals surface area (Å²) in [7, 11) is 0. The topological polar surface area (TPSA) is 68.1 Å². The number of nitrogens with zero attached hydrogens (tertiary/aromatic N) is 4. The van der Waals surface area contributed by atoms with Gasteiger partial charge in [0.05, 0.1) is 11.9 Å². The number of hydrogen-bond donors (Lipinski definition) is 0. The minimum atomic E-state index is -0.218. The molecule has 0 N–H and O–H groups in total. The quantitative estimate of drug-likeness (QED) is 0.692. The van der Waals surface area contributed by atoms with Crippen molar-refractivity contribution in [2.45, 2.75) is 26.4 Å². The maximum absolute atomic E-state index is 12.5. The van der Waals surface area contributed by atoms with Gasteiger partial charge >= 0.3 is 0 Å². The van der Waals surface area contributed by atoms with Crippen molar-refractivity contribution in [3.63, 3.8) is 0 Å². The van der Waals surface area contributed by atoms with Gasteiger partial charge in [0.25, 0.3) is 5.56 Å². The minimum Gasteiger partial charge on any atom is -0.339 e. The largest absolute Gasteiger partial charge is 0.339 e. The van der Waals surface area contributed by atoms with E-state index in [2.05, 4.69) is 10.3 Å². The molecule has 0 aliphatic heterocycles. The lowest BCUT2D eigenvalue weighted by Gasteiger charge is -2.21. The van der Waals surface area contributed by atoms with Crippen LogP contribution in [0.1, 0.15) is 18.9 Å². The summed E-state index contributed by atoms with van der Waals surface area (Å²) in [5.41, 5.74) is 1.43. The zero-order valence-corrected chi connectivity index (χ0v) is 14.1. The van der Waals surface area contributed by atoms with Gasteiger partial charge in [-0.2, -0.15) is 0 Å². The fourth-order valence-electron chi connectivity index (χ4n) is 2.71. The van der Waals surface area contributed by atoms with Crippen molar-refractivity contribution in [3.05, 3.63) is 70.5 Å². The smallest absolute Gasteiger partial charge is 0.277 e. The molecule has 6 nitrogen and oxygen atoms in total. The van der Waals surface area contributed by atoms with Gasteiger partial charge in [0, 0.05) is 19.5 Å². The number of benzene rings is 2. The van der Waals surface area contributed by atoms with Crippen LogP contribution in [0.4, 0.5) is 0 Å². The zero-order valence-electron chi connectivity index (χ0n) is 14.1. The van der Waals surface area contributed by atoms with Gasteiger partial charge in [0.1, 0.15) is 5.52 Å². The predicted molar refractivity (Wildman–Crippen MR) is 95.9 cm³/mol. The van der Waals surface area contributed by atoms with Crippen LogP contribution in [0.3, 0.4) is 0 Å². The average molecular weight is 336 g/mol. The number of rotatable bonds is 6. The summed E-state index contributed by atoms with van der Waals surface area (Å²) in [5, 5.41) is 8.49. The van der Waals surface area contributed by atoms with Crippen LogP contribution < -0.4 is 5.56 Å².